The first-order valence-electron chi connectivity index (χ1n) is 5.98. The van der Waals surface area contributed by atoms with Crippen LogP contribution in [0, 0.1) is 20.8 Å². The molecule has 0 saturated heterocycles. The average molecular weight is 272 g/mol. The van der Waals surface area contributed by atoms with Crippen molar-refractivity contribution in [3.63, 3.8) is 0 Å². The number of hydrogen-bond donors (Lipinski definition) is 0. The molecule has 3 heteroatoms. The fraction of sp³-hybridized carbons (Fsp3) is 0.188. The van der Waals surface area contributed by atoms with Crippen molar-refractivity contribution in [1.29, 1.82) is 0 Å². The van der Waals surface area contributed by atoms with Gasteiger partial charge in [-0.15, -0.1) is 0 Å². The average Bonchev–Trinajstić information content (AvgIpc) is 2.47. The first kappa shape index (κ1) is 15.3. The lowest BCUT2D eigenvalue weighted by Crippen LogP contribution is -2.05. The molecule has 2 aromatic rings. The summed E-state index contributed by atoms with van der Waals surface area (Å²) in [5, 5.41) is 0. The minimum Gasteiger partial charge on any atom is -0.289 e. The summed E-state index contributed by atoms with van der Waals surface area (Å²) in [5.74, 6) is 0.103. The predicted molar refractivity (Wildman–Crippen MR) is 79.5 cm³/mol. The van der Waals surface area contributed by atoms with Gasteiger partial charge in [0.05, 0.1) is 0 Å². The summed E-state index contributed by atoms with van der Waals surface area (Å²) in [6.45, 7) is 6.14. The van der Waals surface area contributed by atoms with E-state index in [-0.39, 0.29) is 5.78 Å². The summed E-state index contributed by atoms with van der Waals surface area (Å²) in [6, 6.07) is 13.4. The van der Waals surface area contributed by atoms with Crippen LogP contribution >= 0.6 is 9.12 Å². The van der Waals surface area contributed by atoms with E-state index in [9.17, 15) is 4.79 Å². The number of carbonyl (C=O) groups excluding carboxylic acids is 1. The summed E-state index contributed by atoms with van der Waals surface area (Å²) in [7, 11) is 1.72. The van der Waals surface area contributed by atoms with Gasteiger partial charge < -0.3 is 0 Å². The van der Waals surface area contributed by atoms with Crippen LogP contribution in [-0.4, -0.2) is 5.78 Å². The zero-order valence-electron chi connectivity index (χ0n) is 11.4. The Labute approximate surface area is 116 Å². The molecule has 98 valence electrons. The number of hydrogen-bond acceptors (Lipinski definition) is 2. The minimum atomic E-state index is 0.103. The lowest BCUT2D eigenvalue weighted by molar-refractivity contribution is 0.103. The SMILES string of the molecule is Cc1ccc(C(=O)c2ccccc2)c(C)c1C.O=P. The molecule has 0 radical (unpaired) electrons. The van der Waals surface area contributed by atoms with E-state index in [1.54, 1.807) is 9.12 Å². The number of ketones is 1. The lowest BCUT2D eigenvalue weighted by Gasteiger charge is -2.10. The summed E-state index contributed by atoms with van der Waals surface area (Å²) in [5.41, 5.74) is 5.07. The smallest absolute Gasteiger partial charge is 0.193 e. The molecule has 0 heterocycles. The van der Waals surface area contributed by atoms with Crippen molar-refractivity contribution in [3.05, 3.63) is 70.3 Å². The van der Waals surface area contributed by atoms with Crippen LogP contribution in [0.3, 0.4) is 0 Å². The molecule has 0 unspecified atom stereocenters. The van der Waals surface area contributed by atoms with Gasteiger partial charge in [0, 0.05) is 11.1 Å². The Bertz CT molecular complexity index is 577. The second-order valence-electron chi connectivity index (χ2n) is 4.38. The second-order valence-corrected chi connectivity index (χ2v) is 4.38. The third-order valence-corrected chi connectivity index (χ3v) is 3.34. The highest BCUT2D eigenvalue weighted by molar-refractivity contribution is 7.00. The molecular weight excluding hydrogens is 255 g/mol. The molecule has 2 aromatic carbocycles. The first-order chi connectivity index (χ1) is 9.11. The molecule has 2 nitrogen and oxygen atoms in total. The van der Waals surface area contributed by atoms with E-state index in [0.717, 1.165) is 16.7 Å². The Kier molecular flexibility index (Phi) is 5.59. The summed E-state index contributed by atoms with van der Waals surface area (Å²) >= 11 is 0. The van der Waals surface area contributed by atoms with Crippen molar-refractivity contribution in [2.45, 2.75) is 20.8 Å². The van der Waals surface area contributed by atoms with E-state index in [1.165, 1.54) is 11.1 Å². The van der Waals surface area contributed by atoms with E-state index in [4.69, 9.17) is 4.57 Å². The quantitative estimate of drug-likeness (QED) is 0.602. The van der Waals surface area contributed by atoms with Crippen LogP contribution in [-0.2, 0) is 4.57 Å². The molecule has 19 heavy (non-hydrogen) atoms. The highest BCUT2D eigenvalue weighted by atomic mass is 31.0. The Hall–Kier alpha value is -1.79. The number of rotatable bonds is 2. The molecule has 0 atom stereocenters. The Morgan fingerprint density at radius 2 is 1.42 bits per heavy atom. The monoisotopic (exact) mass is 272 g/mol. The Morgan fingerprint density at radius 1 is 0.842 bits per heavy atom. The molecule has 0 fully saturated rings. The van der Waals surface area contributed by atoms with Crippen molar-refractivity contribution < 1.29 is 9.36 Å². The standard InChI is InChI=1S/C16H16O.HOP/c1-11-9-10-15(13(3)12(11)2)16(17)14-7-5-4-6-8-14;1-2/h4-10H,1-3H3;2H. The van der Waals surface area contributed by atoms with Gasteiger partial charge in [0.1, 0.15) is 9.12 Å². The van der Waals surface area contributed by atoms with Crippen molar-refractivity contribution in [1.82, 2.24) is 0 Å². The fourth-order valence-corrected chi connectivity index (χ4v) is 1.95. The summed E-state index contributed by atoms with van der Waals surface area (Å²) < 4.78 is 8.06. The first-order valence-corrected chi connectivity index (χ1v) is 6.39. The van der Waals surface area contributed by atoms with Crippen molar-refractivity contribution in [3.8, 4) is 0 Å². The maximum absolute atomic E-state index is 12.3. The van der Waals surface area contributed by atoms with Gasteiger partial charge in [-0.3, -0.25) is 9.36 Å². The van der Waals surface area contributed by atoms with E-state index in [1.807, 2.05) is 49.4 Å². The van der Waals surface area contributed by atoms with Crippen LogP contribution in [0.5, 0.6) is 0 Å². The third kappa shape index (κ3) is 3.36. The van der Waals surface area contributed by atoms with Crippen LogP contribution < -0.4 is 0 Å². The van der Waals surface area contributed by atoms with Crippen LogP contribution in [0.15, 0.2) is 42.5 Å². The number of benzene rings is 2. The van der Waals surface area contributed by atoms with Gasteiger partial charge in [-0.25, -0.2) is 0 Å². The molecule has 0 aliphatic carbocycles. The highest BCUT2D eigenvalue weighted by Gasteiger charge is 2.13. The van der Waals surface area contributed by atoms with Gasteiger partial charge in [0.25, 0.3) is 0 Å². The molecule has 0 spiro atoms. The molecule has 2 rings (SSSR count). The van der Waals surface area contributed by atoms with Gasteiger partial charge >= 0.3 is 0 Å². The molecule has 0 N–H and O–H groups in total. The van der Waals surface area contributed by atoms with E-state index >= 15 is 0 Å². The number of aryl methyl sites for hydroxylation is 1. The van der Waals surface area contributed by atoms with Gasteiger partial charge in [-0.2, -0.15) is 0 Å². The molecule has 0 aliphatic rings. The van der Waals surface area contributed by atoms with Gasteiger partial charge in [-0.1, -0.05) is 42.5 Å². The minimum absolute atomic E-state index is 0.103. The summed E-state index contributed by atoms with van der Waals surface area (Å²) in [6.07, 6.45) is 0. The van der Waals surface area contributed by atoms with E-state index in [0.29, 0.717) is 0 Å². The Balaban J connectivity index is 0.000000861. The lowest BCUT2D eigenvalue weighted by atomic mass is 9.93. The molecule has 0 aromatic heterocycles. The summed E-state index contributed by atoms with van der Waals surface area (Å²) in [4.78, 5) is 12.3. The highest BCUT2D eigenvalue weighted by Crippen LogP contribution is 2.20. The topological polar surface area (TPSA) is 34.1 Å². The molecular formula is C16H17O2P. The van der Waals surface area contributed by atoms with Gasteiger partial charge in [0.2, 0.25) is 0 Å². The van der Waals surface area contributed by atoms with Crippen molar-refractivity contribution in [2.75, 3.05) is 0 Å². The Morgan fingerprint density at radius 3 is 2.00 bits per heavy atom. The van der Waals surface area contributed by atoms with Crippen LogP contribution in [0.4, 0.5) is 0 Å². The van der Waals surface area contributed by atoms with Crippen molar-refractivity contribution >= 4 is 14.9 Å². The molecule has 0 saturated carbocycles. The maximum atomic E-state index is 12.3. The van der Waals surface area contributed by atoms with Crippen LogP contribution in [0.25, 0.3) is 0 Å². The van der Waals surface area contributed by atoms with E-state index < -0.39 is 0 Å². The fourth-order valence-electron chi connectivity index (χ4n) is 1.95. The zero-order valence-corrected chi connectivity index (χ0v) is 12.4. The largest absolute Gasteiger partial charge is 0.289 e. The molecule has 0 bridgehead atoms. The maximum Gasteiger partial charge on any atom is 0.193 e. The second kappa shape index (κ2) is 6.96. The van der Waals surface area contributed by atoms with Crippen molar-refractivity contribution in [2.24, 2.45) is 0 Å². The van der Waals surface area contributed by atoms with Crippen LogP contribution in [0.1, 0.15) is 32.6 Å². The van der Waals surface area contributed by atoms with E-state index in [2.05, 4.69) is 13.8 Å². The zero-order chi connectivity index (χ0) is 14.4. The normalized spacial score (nSPS) is 9.42. The third-order valence-electron chi connectivity index (χ3n) is 3.34. The molecule has 0 amide bonds. The predicted octanol–water partition coefficient (Wildman–Crippen LogP) is 4.32. The van der Waals surface area contributed by atoms with Crippen LogP contribution in [0.2, 0.25) is 0 Å². The molecule has 0 aliphatic heterocycles. The van der Waals surface area contributed by atoms with Gasteiger partial charge in [0.15, 0.2) is 5.78 Å². The number of carbonyl (C=O) groups is 1. The van der Waals surface area contributed by atoms with Gasteiger partial charge in [-0.05, 0) is 37.5 Å².